The Kier molecular flexibility index (Phi) is 9.02. The maximum Gasteiger partial charge on any atom is 0.337 e. The molecule has 0 amide bonds. The van der Waals surface area contributed by atoms with Gasteiger partial charge in [-0.1, -0.05) is 18.2 Å². The van der Waals surface area contributed by atoms with Gasteiger partial charge in [-0.25, -0.2) is 9.59 Å². The number of esters is 2. The zero-order chi connectivity index (χ0) is 28.3. The summed E-state index contributed by atoms with van der Waals surface area (Å²) >= 11 is 0. The molecule has 13 nitrogen and oxygen atoms in total. The van der Waals surface area contributed by atoms with Gasteiger partial charge in [0.1, 0.15) is 36.8 Å². The number of hydrogen-bond acceptors (Lipinski definition) is 13. The van der Waals surface area contributed by atoms with Gasteiger partial charge in [0.05, 0.1) is 37.6 Å². The van der Waals surface area contributed by atoms with Crippen LogP contribution in [0.5, 0.6) is 5.75 Å². The number of ether oxygens (including phenoxy) is 5. The van der Waals surface area contributed by atoms with Crippen LogP contribution < -0.4 is 0 Å². The van der Waals surface area contributed by atoms with Crippen LogP contribution in [0.2, 0.25) is 0 Å². The van der Waals surface area contributed by atoms with Crippen LogP contribution in [0.4, 0.5) is 0 Å². The zero-order valence-corrected chi connectivity index (χ0v) is 20.8. The Morgan fingerprint density at radius 1 is 1.00 bits per heavy atom. The van der Waals surface area contributed by atoms with E-state index in [2.05, 4.69) is 0 Å². The summed E-state index contributed by atoms with van der Waals surface area (Å²) in [6, 6.07) is 6.11. The van der Waals surface area contributed by atoms with Crippen LogP contribution in [-0.4, -0.2) is 106 Å². The van der Waals surface area contributed by atoms with E-state index in [1.807, 2.05) is 0 Å². The van der Waals surface area contributed by atoms with Crippen molar-refractivity contribution in [2.45, 2.75) is 43.1 Å². The predicted molar refractivity (Wildman–Crippen MR) is 129 cm³/mol. The number of aromatic hydroxyl groups is 1. The third-order valence-electron chi connectivity index (χ3n) is 6.77. The third kappa shape index (κ3) is 6.15. The summed E-state index contributed by atoms with van der Waals surface area (Å²) in [7, 11) is 1.16. The summed E-state index contributed by atoms with van der Waals surface area (Å²) in [5.41, 5.74) is 0.971. The van der Waals surface area contributed by atoms with E-state index in [9.17, 15) is 40.2 Å². The summed E-state index contributed by atoms with van der Waals surface area (Å²) in [5, 5.41) is 60.1. The number of methoxy groups -OCH3 is 1. The second kappa shape index (κ2) is 12.3. The maximum absolute atomic E-state index is 12.4. The Bertz CT molecular complexity index is 1130. The van der Waals surface area contributed by atoms with Crippen molar-refractivity contribution in [3.05, 3.63) is 59.4 Å². The average Bonchev–Trinajstić information content (AvgIpc) is 3.27. The molecule has 0 saturated carbocycles. The molecule has 0 spiro atoms. The highest BCUT2D eigenvalue weighted by Gasteiger charge is 2.52. The molecule has 13 heteroatoms. The molecule has 0 aromatic heterocycles. The maximum atomic E-state index is 12.4. The van der Waals surface area contributed by atoms with Crippen LogP contribution in [0.25, 0.3) is 6.08 Å². The molecule has 1 aromatic carbocycles. The van der Waals surface area contributed by atoms with Crippen molar-refractivity contribution in [3.63, 3.8) is 0 Å². The second-order valence-electron chi connectivity index (χ2n) is 9.22. The molecule has 212 valence electrons. The standard InChI is InChI=1S/C26H30O13/c1-35-24(34)15-11-37-25(39-26-23(33)22(32)21(31)17(9-27)38-26)19-13(8-16(29)20(15)19)10-36-18(30)7-4-12-2-5-14(28)6-3-12/h2-8,11,16-17,19-23,25-29,31-33H,9-10H2,1H3/b7-4+/t16-,17-,19-,20+,21-,22+,23-,25+,26+/m1/s1. The van der Waals surface area contributed by atoms with E-state index < -0.39 is 73.5 Å². The minimum absolute atomic E-state index is 0.00606. The highest BCUT2D eigenvalue weighted by molar-refractivity contribution is 5.89. The molecule has 0 unspecified atom stereocenters. The first-order valence-electron chi connectivity index (χ1n) is 12.1. The smallest absolute Gasteiger partial charge is 0.337 e. The largest absolute Gasteiger partial charge is 0.508 e. The van der Waals surface area contributed by atoms with E-state index in [0.29, 0.717) is 11.1 Å². The lowest BCUT2D eigenvalue weighted by Gasteiger charge is -2.43. The quantitative estimate of drug-likeness (QED) is 0.127. The minimum Gasteiger partial charge on any atom is -0.508 e. The number of benzene rings is 1. The summed E-state index contributed by atoms with van der Waals surface area (Å²) in [6.45, 7) is -0.990. The van der Waals surface area contributed by atoms with Crippen molar-refractivity contribution >= 4 is 18.0 Å². The van der Waals surface area contributed by atoms with Crippen molar-refractivity contribution in [1.82, 2.24) is 0 Å². The van der Waals surface area contributed by atoms with Gasteiger partial charge in [0.15, 0.2) is 6.29 Å². The molecule has 9 atom stereocenters. The van der Waals surface area contributed by atoms with E-state index in [-0.39, 0.29) is 17.9 Å². The number of carbonyl (C=O) groups is 2. The fraction of sp³-hybridized carbons (Fsp3) is 0.462. The van der Waals surface area contributed by atoms with Gasteiger partial charge in [0.25, 0.3) is 0 Å². The van der Waals surface area contributed by atoms with Gasteiger partial charge >= 0.3 is 11.9 Å². The molecule has 3 aliphatic rings. The van der Waals surface area contributed by atoms with Gasteiger partial charge in [-0.2, -0.15) is 0 Å². The number of rotatable bonds is 8. The molecule has 4 rings (SSSR count). The number of phenolic OH excluding ortho intramolecular Hbond substituents is 1. The predicted octanol–water partition coefficient (Wildman–Crippen LogP) is -1.29. The van der Waals surface area contributed by atoms with E-state index in [0.717, 1.165) is 13.4 Å². The number of carbonyl (C=O) groups excluding carboxylic acids is 2. The van der Waals surface area contributed by atoms with Crippen LogP contribution in [0.1, 0.15) is 5.56 Å². The van der Waals surface area contributed by atoms with Crippen LogP contribution >= 0.6 is 0 Å². The van der Waals surface area contributed by atoms with Gasteiger partial charge in [0.2, 0.25) is 6.29 Å². The molecular weight excluding hydrogens is 520 g/mol. The number of fused-ring (bicyclic) bond motifs is 1. The van der Waals surface area contributed by atoms with Gasteiger partial charge < -0.3 is 54.3 Å². The Morgan fingerprint density at radius 3 is 2.38 bits per heavy atom. The van der Waals surface area contributed by atoms with Gasteiger partial charge in [-0.3, -0.25) is 0 Å². The van der Waals surface area contributed by atoms with Crippen molar-refractivity contribution in [1.29, 1.82) is 0 Å². The molecule has 2 aliphatic heterocycles. The molecule has 1 saturated heterocycles. The fourth-order valence-electron chi connectivity index (χ4n) is 4.73. The lowest BCUT2D eigenvalue weighted by atomic mass is 9.82. The van der Waals surface area contributed by atoms with Gasteiger partial charge in [0, 0.05) is 12.0 Å². The molecule has 1 aliphatic carbocycles. The minimum atomic E-state index is -1.72. The number of aliphatic hydroxyl groups excluding tert-OH is 5. The molecule has 39 heavy (non-hydrogen) atoms. The summed E-state index contributed by atoms with van der Waals surface area (Å²) in [5.74, 6) is -3.25. The van der Waals surface area contributed by atoms with Crippen LogP contribution in [0, 0.1) is 11.8 Å². The van der Waals surface area contributed by atoms with E-state index in [1.54, 1.807) is 12.1 Å². The first-order chi connectivity index (χ1) is 18.6. The van der Waals surface area contributed by atoms with Gasteiger partial charge in [-0.15, -0.1) is 0 Å². The first-order valence-corrected chi connectivity index (χ1v) is 12.1. The van der Waals surface area contributed by atoms with Crippen LogP contribution in [-0.2, 0) is 33.3 Å². The average molecular weight is 551 g/mol. The lowest BCUT2D eigenvalue weighted by Crippen LogP contribution is -2.60. The molecule has 0 bridgehead atoms. The van der Waals surface area contributed by atoms with Gasteiger partial charge in [-0.05, 0) is 29.3 Å². The topological polar surface area (TPSA) is 202 Å². The first kappa shape index (κ1) is 28.7. The number of aliphatic hydroxyl groups is 5. The van der Waals surface area contributed by atoms with E-state index in [4.69, 9.17) is 23.7 Å². The Labute approximate surface area is 222 Å². The van der Waals surface area contributed by atoms with E-state index in [1.165, 1.54) is 30.4 Å². The lowest BCUT2D eigenvalue weighted by molar-refractivity contribution is -0.340. The zero-order valence-electron chi connectivity index (χ0n) is 20.8. The fourth-order valence-corrected chi connectivity index (χ4v) is 4.73. The summed E-state index contributed by atoms with van der Waals surface area (Å²) < 4.78 is 26.9. The SMILES string of the molecule is COC(=O)C1=CO[C@@H](O[C@@H]2O[C@H](CO)[C@@H](O)[C@H](O)[C@H]2O)[C@@H]2C(COC(=O)/C=C/c3ccc(O)cc3)=C[C@@H](O)[C@H]12. The van der Waals surface area contributed by atoms with Crippen molar-refractivity contribution in [2.24, 2.45) is 11.8 Å². The highest BCUT2D eigenvalue weighted by atomic mass is 16.8. The van der Waals surface area contributed by atoms with E-state index >= 15 is 0 Å². The van der Waals surface area contributed by atoms with Crippen molar-refractivity contribution in [3.8, 4) is 5.75 Å². The Hall–Kier alpha value is -3.30. The Balaban J connectivity index is 1.51. The molecule has 1 aromatic rings. The highest BCUT2D eigenvalue weighted by Crippen LogP contribution is 2.45. The third-order valence-corrected chi connectivity index (χ3v) is 6.77. The summed E-state index contributed by atoms with van der Waals surface area (Å²) in [4.78, 5) is 24.7. The molecule has 6 N–H and O–H groups in total. The monoisotopic (exact) mass is 550 g/mol. The van der Waals surface area contributed by atoms with Crippen molar-refractivity contribution in [2.75, 3.05) is 20.3 Å². The molecule has 2 heterocycles. The normalized spacial score (nSPS) is 34.1. The van der Waals surface area contributed by atoms with Crippen LogP contribution in [0.15, 0.2) is 53.8 Å². The Morgan fingerprint density at radius 2 is 1.72 bits per heavy atom. The van der Waals surface area contributed by atoms with Crippen molar-refractivity contribution < 1.29 is 63.9 Å². The second-order valence-corrected chi connectivity index (χ2v) is 9.22. The van der Waals surface area contributed by atoms with Crippen LogP contribution in [0.3, 0.4) is 0 Å². The molecule has 0 radical (unpaired) electrons. The summed E-state index contributed by atoms with van der Waals surface area (Å²) in [6.07, 6.45) is -5.25. The molecule has 1 fully saturated rings. The number of phenols is 1. The molecular formula is C26H30O13. The number of hydrogen-bond donors (Lipinski definition) is 6.